The van der Waals surface area contributed by atoms with Gasteiger partial charge in [-0.2, -0.15) is 0 Å². The van der Waals surface area contributed by atoms with Crippen LogP contribution in [-0.4, -0.2) is 30.2 Å². The maximum absolute atomic E-state index is 12.3. The molecule has 0 heterocycles. The van der Waals surface area contributed by atoms with E-state index in [1.54, 1.807) is 55.5 Å². The Bertz CT molecular complexity index is 944. The summed E-state index contributed by atoms with van der Waals surface area (Å²) in [7, 11) is 0. The van der Waals surface area contributed by atoms with Crippen LogP contribution < -0.4 is 10.6 Å². The first-order valence-electron chi connectivity index (χ1n) is 8.99. The third-order valence-electron chi connectivity index (χ3n) is 3.92. The highest BCUT2D eigenvalue weighted by molar-refractivity contribution is 6.10. The minimum absolute atomic E-state index is 0.0643. The van der Waals surface area contributed by atoms with Gasteiger partial charge in [-0.1, -0.05) is 0 Å². The zero-order valence-electron chi connectivity index (χ0n) is 16.4. The molecule has 2 rings (SSSR count). The van der Waals surface area contributed by atoms with E-state index in [1.165, 1.54) is 19.9 Å². The molecule has 2 aromatic rings. The van der Waals surface area contributed by atoms with Crippen molar-refractivity contribution in [1.29, 1.82) is 0 Å². The first kappa shape index (κ1) is 21.6. The molecule has 7 nitrogen and oxygen atoms in total. The van der Waals surface area contributed by atoms with Crippen LogP contribution in [0.4, 0.5) is 11.4 Å². The second-order valence-electron chi connectivity index (χ2n) is 6.20. The highest BCUT2D eigenvalue weighted by Gasteiger charge is 2.10. The molecule has 0 bridgehead atoms. The molecule has 0 saturated carbocycles. The number of nitrogens with one attached hydrogen (secondary N) is 2. The Morgan fingerprint density at radius 1 is 0.828 bits per heavy atom. The number of rotatable bonds is 7. The van der Waals surface area contributed by atoms with Crippen molar-refractivity contribution in [2.45, 2.75) is 20.8 Å². The van der Waals surface area contributed by atoms with E-state index in [9.17, 15) is 19.2 Å². The molecule has 29 heavy (non-hydrogen) atoms. The second kappa shape index (κ2) is 9.98. The van der Waals surface area contributed by atoms with E-state index < -0.39 is 17.8 Å². The third kappa shape index (κ3) is 6.42. The van der Waals surface area contributed by atoms with E-state index in [4.69, 9.17) is 4.74 Å². The lowest BCUT2D eigenvalue weighted by Gasteiger charge is -2.07. The van der Waals surface area contributed by atoms with Crippen molar-refractivity contribution in [2.24, 2.45) is 0 Å². The van der Waals surface area contributed by atoms with Gasteiger partial charge in [-0.25, -0.2) is 4.79 Å². The van der Waals surface area contributed by atoms with Crippen LogP contribution in [0.1, 0.15) is 41.5 Å². The van der Waals surface area contributed by atoms with Crippen LogP contribution >= 0.6 is 0 Å². The van der Waals surface area contributed by atoms with Crippen LogP contribution in [0.2, 0.25) is 0 Å². The number of Topliss-reactive ketones (excluding diaryl/α,β-unsaturated/α-hetero) is 1. The number of carbonyl (C=O) groups is 4. The molecule has 0 fully saturated rings. The summed E-state index contributed by atoms with van der Waals surface area (Å²) in [4.78, 5) is 47.2. The summed E-state index contributed by atoms with van der Waals surface area (Å²) in [6.45, 7) is 4.98. The lowest BCUT2D eigenvalue weighted by Crippen LogP contribution is -2.16. The van der Waals surface area contributed by atoms with Crippen LogP contribution in [0, 0.1) is 0 Å². The summed E-state index contributed by atoms with van der Waals surface area (Å²) in [6.07, 6.45) is 1.18. The van der Waals surface area contributed by atoms with Gasteiger partial charge in [0.2, 0.25) is 5.91 Å². The van der Waals surface area contributed by atoms with E-state index >= 15 is 0 Å². The second-order valence-corrected chi connectivity index (χ2v) is 6.20. The molecule has 0 unspecified atom stereocenters. The fourth-order valence-electron chi connectivity index (χ4n) is 2.36. The number of carbonyl (C=O) groups excluding carboxylic acids is 4. The number of anilines is 2. The molecule has 2 amide bonds. The topological polar surface area (TPSA) is 102 Å². The summed E-state index contributed by atoms with van der Waals surface area (Å²) in [5.74, 6) is -1.41. The minimum atomic E-state index is -0.467. The zero-order chi connectivity index (χ0) is 21.4. The summed E-state index contributed by atoms with van der Waals surface area (Å²) >= 11 is 0. The quantitative estimate of drug-likeness (QED) is 0.425. The molecule has 0 aromatic heterocycles. The highest BCUT2D eigenvalue weighted by Crippen LogP contribution is 2.13. The van der Waals surface area contributed by atoms with E-state index in [1.807, 2.05) is 0 Å². The molecule has 2 aromatic carbocycles. The molecule has 0 atom stereocenters. The van der Waals surface area contributed by atoms with Crippen molar-refractivity contribution >= 4 is 34.9 Å². The Morgan fingerprint density at radius 3 is 1.86 bits per heavy atom. The van der Waals surface area contributed by atoms with Gasteiger partial charge in [0, 0.05) is 28.6 Å². The van der Waals surface area contributed by atoms with Crippen molar-refractivity contribution < 1.29 is 23.9 Å². The molecule has 7 heteroatoms. The number of ketones is 1. The third-order valence-corrected chi connectivity index (χ3v) is 3.92. The zero-order valence-corrected chi connectivity index (χ0v) is 16.4. The van der Waals surface area contributed by atoms with Gasteiger partial charge in [0.1, 0.15) is 0 Å². The van der Waals surface area contributed by atoms with Gasteiger partial charge in [-0.05, 0) is 69.3 Å². The monoisotopic (exact) mass is 394 g/mol. The fourth-order valence-corrected chi connectivity index (χ4v) is 2.36. The van der Waals surface area contributed by atoms with Crippen molar-refractivity contribution in [3.05, 3.63) is 71.3 Å². The van der Waals surface area contributed by atoms with Gasteiger partial charge in [-0.3, -0.25) is 14.4 Å². The van der Waals surface area contributed by atoms with Crippen LogP contribution in [0.15, 0.2) is 60.2 Å². The molecule has 0 radical (unpaired) electrons. The molecule has 0 saturated heterocycles. The normalized spacial score (nSPS) is 10.8. The molecule has 0 aliphatic heterocycles. The summed E-state index contributed by atoms with van der Waals surface area (Å²) in [5, 5.41) is 5.28. The van der Waals surface area contributed by atoms with E-state index in [2.05, 4.69) is 10.6 Å². The number of amides is 2. The Morgan fingerprint density at radius 2 is 1.34 bits per heavy atom. The molecule has 0 aliphatic carbocycles. The van der Waals surface area contributed by atoms with E-state index in [0.717, 1.165) is 0 Å². The van der Waals surface area contributed by atoms with Crippen LogP contribution in [0.3, 0.4) is 0 Å². The van der Waals surface area contributed by atoms with Crippen LogP contribution in [0.5, 0.6) is 0 Å². The molecular weight excluding hydrogens is 372 g/mol. The summed E-state index contributed by atoms with van der Waals surface area (Å²) in [5.41, 5.74) is 2.13. The van der Waals surface area contributed by atoms with Gasteiger partial charge >= 0.3 is 5.97 Å². The predicted octanol–water partition coefficient (Wildman–Crippen LogP) is 3.59. The standard InChI is InChI=1S/C22H22N2O5/c1-4-29-22(28)17-7-11-19(12-8-17)24-21(27)14(2)13-20(26)23-18-9-5-16(6-10-18)15(3)25/h5-13H,4H2,1-3H3,(H,23,26)(H,24,27)/b14-13-. The Labute approximate surface area is 168 Å². The Balaban J connectivity index is 1.96. The summed E-state index contributed by atoms with van der Waals surface area (Å²) in [6, 6.07) is 12.7. The van der Waals surface area contributed by atoms with Crippen molar-refractivity contribution in [3.8, 4) is 0 Å². The lowest BCUT2D eigenvalue weighted by atomic mass is 10.1. The maximum atomic E-state index is 12.3. The predicted molar refractivity (Wildman–Crippen MR) is 110 cm³/mol. The van der Waals surface area contributed by atoms with Gasteiger partial charge in [0.05, 0.1) is 12.2 Å². The molecule has 0 aliphatic rings. The minimum Gasteiger partial charge on any atom is -0.462 e. The maximum Gasteiger partial charge on any atom is 0.338 e. The highest BCUT2D eigenvalue weighted by atomic mass is 16.5. The molecule has 0 spiro atoms. The van der Waals surface area contributed by atoms with Crippen molar-refractivity contribution in [3.63, 3.8) is 0 Å². The average Bonchev–Trinajstić information content (AvgIpc) is 2.69. The lowest BCUT2D eigenvalue weighted by molar-refractivity contribution is -0.114. The fraction of sp³-hybridized carbons (Fsp3) is 0.182. The van der Waals surface area contributed by atoms with Gasteiger partial charge < -0.3 is 15.4 Å². The smallest absolute Gasteiger partial charge is 0.338 e. The summed E-state index contributed by atoms with van der Waals surface area (Å²) < 4.78 is 4.90. The number of benzene rings is 2. The number of hydrogen-bond acceptors (Lipinski definition) is 5. The number of esters is 1. The van der Waals surface area contributed by atoms with Crippen molar-refractivity contribution in [2.75, 3.05) is 17.2 Å². The van der Waals surface area contributed by atoms with Gasteiger partial charge in [0.25, 0.3) is 5.91 Å². The van der Waals surface area contributed by atoms with Gasteiger partial charge in [0.15, 0.2) is 5.78 Å². The molecule has 150 valence electrons. The largest absolute Gasteiger partial charge is 0.462 e. The number of hydrogen-bond donors (Lipinski definition) is 2. The van der Waals surface area contributed by atoms with E-state index in [0.29, 0.717) is 22.5 Å². The first-order valence-corrected chi connectivity index (χ1v) is 8.99. The van der Waals surface area contributed by atoms with Crippen molar-refractivity contribution in [1.82, 2.24) is 0 Å². The Kier molecular flexibility index (Phi) is 7.42. The molecular formula is C22H22N2O5. The average molecular weight is 394 g/mol. The van der Waals surface area contributed by atoms with Gasteiger partial charge in [-0.15, -0.1) is 0 Å². The van der Waals surface area contributed by atoms with Crippen LogP contribution in [0.25, 0.3) is 0 Å². The number of ether oxygens (including phenoxy) is 1. The molecule has 2 N–H and O–H groups in total. The van der Waals surface area contributed by atoms with Crippen LogP contribution in [-0.2, 0) is 14.3 Å². The first-order chi connectivity index (χ1) is 13.8. The van der Waals surface area contributed by atoms with E-state index in [-0.39, 0.29) is 18.0 Å². The SMILES string of the molecule is CCOC(=O)c1ccc(NC(=O)/C(C)=C\C(=O)Nc2ccc(C(C)=O)cc2)cc1. The Hall–Kier alpha value is -3.74.